The molecule has 0 saturated carbocycles. The number of aryl methyl sites for hydroxylation is 1. The van der Waals surface area contributed by atoms with Gasteiger partial charge in [0.2, 0.25) is 5.78 Å². The van der Waals surface area contributed by atoms with E-state index in [2.05, 4.69) is 0 Å². The first-order chi connectivity index (χ1) is 14.2. The van der Waals surface area contributed by atoms with Gasteiger partial charge in [-0.3, -0.25) is 14.4 Å². The Kier molecular flexibility index (Phi) is 6.22. The molecule has 0 bridgehead atoms. The van der Waals surface area contributed by atoms with E-state index in [1.54, 1.807) is 37.4 Å². The number of Topliss-reactive ketones (excluding diaryl/α,β-unsaturated/α-hetero) is 2. The van der Waals surface area contributed by atoms with Crippen LogP contribution in [0.3, 0.4) is 0 Å². The van der Waals surface area contributed by atoms with Crippen LogP contribution in [0.4, 0.5) is 0 Å². The van der Waals surface area contributed by atoms with E-state index in [0.717, 1.165) is 5.56 Å². The smallest absolute Gasteiger partial charge is 0.291 e. The van der Waals surface area contributed by atoms with E-state index < -0.39 is 29.4 Å². The standard InChI is InChI=1S/C23H26N2O5/c1-14-13-16(7-10-18(14)30-4)21(27)19-20(15-5-8-17(26)9-6-15)25(12-11-24(2)3)23(29)22(19)28/h5-10,13,19-20,26H,11-12H2,1-4H3. The first-order valence-electron chi connectivity index (χ1n) is 9.72. The molecule has 2 unspecified atom stereocenters. The summed E-state index contributed by atoms with van der Waals surface area (Å²) in [5.74, 6) is -2.18. The van der Waals surface area contributed by atoms with E-state index in [0.29, 0.717) is 30.0 Å². The summed E-state index contributed by atoms with van der Waals surface area (Å²) in [7, 11) is 5.30. The van der Waals surface area contributed by atoms with Gasteiger partial charge < -0.3 is 19.6 Å². The molecule has 1 fully saturated rings. The first kappa shape index (κ1) is 21.5. The second-order valence-corrected chi connectivity index (χ2v) is 7.73. The van der Waals surface area contributed by atoms with Crippen LogP contribution in [0.25, 0.3) is 0 Å². The lowest BCUT2D eigenvalue weighted by molar-refractivity contribution is -0.140. The first-order valence-corrected chi connectivity index (χ1v) is 9.72. The molecule has 0 spiro atoms. The molecule has 2 aromatic carbocycles. The SMILES string of the molecule is COc1ccc(C(=O)C2C(=O)C(=O)N(CCN(C)C)C2c2ccc(O)cc2)cc1C. The molecule has 0 aromatic heterocycles. The molecule has 1 saturated heterocycles. The Morgan fingerprint density at radius 3 is 2.37 bits per heavy atom. The van der Waals surface area contributed by atoms with Crippen LogP contribution in [0.2, 0.25) is 0 Å². The van der Waals surface area contributed by atoms with Gasteiger partial charge in [-0.25, -0.2) is 0 Å². The van der Waals surface area contributed by atoms with Gasteiger partial charge in [0.15, 0.2) is 5.78 Å². The van der Waals surface area contributed by atoms with Crippen LogP contribution in [0.15, 0.2) is 42.5 Å². The van der Waals surface area contributed by atoms with E-state index in [4.69, 9.17) is 4.74 Å². The summed E-state index contributed by atoms with van der Waals surface area (Å²) in [6.07, 6.45) is 0. The zero-order valence-electron chi connectivity index (χ0n) is 17.6. The van der Waals surface area contributed by atoms with Crippen LogP contribution in [-0.2, 0) is 9.59 Å². The molecule has 7 heteroatoms. The van der Waals surface area contributed by atoms with Crippen molar-refractivity contribution >= 4 is 17.5 Å². The van der Waals surface area contributed by atoms with Crippen molar-refractivity contribution in [3.05, 3.63) is 59.2 Å². The number of likely N-dealkylation sites (tertiary alicyclic amines) is 1. The minimum absolute atomic E-state index is 0.0721. The largest absolute Gasteiger partial charge is 0.508 e. The monoisotopic (exact) mass is 410 g/mol. The summed E-state index contributed by atoms with van der Waals surface area (Å²) < 4.78 is 5.25. The molecule has 1 heterocycles. The minimum Gasteiger partial charge on any atom is -0.508 e. The van der Waals surface area contributed by atoms with E-state index >= 15 is 0 Å². The van der Waals surface area contributed by atoms with Crippen LogP contribution >= 0.6 is 0 Å². The van der Waals surface area contributed by atoms with Crippen molar-refractivity contribution in [1.29, 1.82) is 0 Å². The fraction of sp³-hybridized carbons (Fsp3) is 0.348. The van der Waals surface area contributed by atoms with Crippen LogP contribution in [0, 0.1) is 12.8 Å². The van der Waals surface area contributed by atoms with Crippen molar-refractivity contribution < 1.29 is 24.2 Å². The van der Waals surface area contributed by atoms with E-state index in [9.17, 15) is 19.5 Å². The molecule has 3 rings (SSSR count). The van der Waals surface area contributed by atoms with Crippen molar-refractivity contribution in [1.82, 2.24) is 9.80 Å². The third-order valence-electron chi connectivity index (χ3n) is 5.39. The zero-order chi connectivity index (χ0) is 22.0. The van der Waals surface area contributed by atoms with Gasteiger partial charge in [0.05, 0.1) is 13.2 Å². The van der Waals surface area contributed by atoms with Gasteiger partial charge in [-0.2, -0.15) is 0 Å². The highest BCUT2D eigenvalue weighted by Crippen LogP contribution is 2.38. The molecule has 0 radical (unpaired) electrons. The average molecular weight is 410 g/mol. The maximum atomic E-state index is 13.4. The fourth-order valence-electron chi connectivity index (χ4n) is 3.79. The highest BCUT2D eigenvalue weighted by molar-refractivity contribution is 6.44. The number of nitrogens with zero attached hydrogens (tertiary/aromatic N) is 2. The number of phenols is 1. The van der Waals surface area contributed by atoms with Gasteiger partial charge in [0.1, 0.15) is 17.4 Å². The Labute approximate surface area is 175 Å². The van der Waals surface area contributed by atoms with Gasteiger partial charge in [0.25, 0.3) is 5.91 Å². The Balaban J connectivity index is 2.04. The number of phenolic OH excluding ortho intramolecular Hbond substituents is 1. The quantitative estimate of drug-likeness (QED) is 0.428. The number of carbonyl (C=O) groups is 3. The molecule has 7 nitrogen and oxygen atoms in total. The molecule has 30 heavy (non-hydrogen) atoms. The molecule has 1 aliphatic heterocycles. The van der Waals surface area contributed by atoms with Gasteiger partial charge in [-0.1, -0.05) is 12.1 Å². The summed E-state index contributed by atoms with van der Waals surface area (Å²) in [5.41, 5.74) is 1.76. The number of hydrogen-bond acceptors (Lipinski definition) is 6. The third kappa shape index (κ3) is 4.07. The molecule has 1 N–H and O–H groups in total. The number of likely N-dealkylation sites (N-methyl/N-ethyl adjacent to an activating group) is 1. The number of benzene rings is 2. The van der Waals surface area contributed by atoms with E-state index in [1.165, 1.54) is 17.0 Å². The summed E-state index contributed by atoms with van der Waals surface area (Å²) in [6, 6.07) is 10.5. The summed E-state index contributed by atoms with van der Waals surface area (Å²) >= 11 is 0. The van der Waals surface area contributed by atoms with Gasteiger partial charge in [0, 0.05) is 18.7 Å². The van der Waals surface area contributed by atoms with Crippen LogP contribution in [0.1, 0.15) is 27.5 Å². The summed E-state index contributed by atoms with van der Waals surface area (Å²) in [5, 5.41) is 9.65. The summed E-state index contributed by atoms with van der Waals surface area (Å²) in [4.78, 5) is 42.5. The highest BCUT2D eigenvalue weighted by Gasteiger charge is 2.51. The van der Waals surface area contributed by atoms with Crippen LogP contribution < -0.4 is 4.74 Å². The van der Waals surface area contributed by atoms with E-state index in [1.807, 2.05) is 25.9 Å². The zero-order valence-corrected chi connectivity index (χ0v) is 17.6. The maximum Gasteiger partial charge on any atom is 0.291 e. The minimum atomic E-state index is -1.14. The van der Waals surface area contributed by atoms with Crippen molar-refractivity contribution in [3.63, 3.8) is 0 Å². The van der Waals surface area contributed by atoms with Gasteiger partial charge in [-0.15, -0.1) is 0 Å². The third-order valence-corrected chi connectivity index (χ3v) is 5.39. The number of rotatable bonds is 7. The van der Waals surface area contributed by atoms with Crippen molar-refractivity contribution in [3.8, 4) is 11.5 Å². The molecule has 2 aromatic rings. The number of aromatic hydroxyl groups is 1. The van der Waals surface area contributed by atoms with Crippen LogP contribution in [-0.4, -0.2) is 66.7 Å². The Hall–Kier alpha value is -3.19. The molecular formula is C23H26N2O5. The lowest BCUT2D eigenvalue weighted by Crippen LogP contribution is -2.36. The molecule has 0 aliphatic carbocycles. The van der Waals surface area contributed by atoms with Crippen LogP contribution in [0.5, 0.6) is 11.5 Å². The predicted molar refractivity (Wildman–Crippen MR) is 112 cm³/mol. The van der Waals surface area contributed by atoms with Crippen molar-refractivity contribution in [2.45, 2.75) is 13.0 Å². The lowest BCUT2D eigenvalue weighted by atomic mass is 9.86. The Morgan fingerprint density at radius 1 is 1.13 bits per heavy atom. The van der Waals surface area contributed by atoms with Crippen molar-refractivity contribution in [2.24, 2.45) is 5.92 Å². The molecule has 1 amide bonds. The molecule has 158 valence electrons. The molecule has 1 aliphatic rings. The molecule has 2 atom stereocenters. The Bertz CT molecular complexity index is 968. The van der Waals surface area contributed by atoms with Gasteiger partial charge >= 0.3 is 0 Å². The second-order valence-electron chi connectivity index (χ2n) is 7.73. The number of methoxy groups -OCH3 is 1. The van der Waals surface area contributed by atoms with Gasteiger partial charge in [-0.05, 0) is 62.5 Å². The fourth-order valence-corrected chi connectivity index (χ4v) is 3.79. The number of carbonyl (C=O) groups excluding carboxylic acids is 3. The van der Waals surface area contributed by atoms with Crippen molar-refractivity contribution in [2.75, 3.05) is 34.3 Å². The lowest BCUT2D eigenvalue weighted by Gasteiger charge is -2.28. The number of ketones is 2. The Morgan fingerprint density at radius 2 is 1.80 bits per heavy atom. The normalized spacial score (nSPS) is 18.9. The predicted octanol–water partition coefficient (Wildman–Crippen LogP) is 2.22. The van der Waals surface area contributed by atoms with E-state index in [-0.39, 0.29) is 5.75 Å². The maximum absolute atomic E-state index is 13.4. The molecular weight excluding hydrogens is 384 g/mol. The average Bonchev–Trinajstić information content (AvgIpc) is 2.96. The number of hydrogen-bond donors (Lipinski definition) is 1. The highest BCUT2D eigenvalue weighted by atomic mass is 16.5. The topological polar surface area (TPSA) is 87.2 Å². The summed E-state index contributed by atoms with van der Waals surface area (Å²) in [6.45, 7) is 2.68. The second kappa shape index (κ2) is 8.67. The number of amides is 1. The number of ether oxygens (including phenoxy) is 1.